The molecule has 172 valence electrons. The number of aliphatic imine (C=N–C) groups is 1. The van der Waals surface area contributed by atoms with Crippen molar-refractivity contribution in [1.29, 1.82) is 0 Å². The molecule has 0 radical (unpaired) electrons. The second kappa shape index (κ2) is 10.3. The molecule has 0 aromatic heterocycles. The number of nitrogens with zero attached hydrogens (tertiary/aromatic N) is 2. The van der Waals surface area contributed by atoms with E-state index in [0.29, 0.717) is 30.9 Å². The van der Waals surface area contributed by atoms with E-state index in [1.165, 1.54) is 18.2 Å². The zero-order valence-electron chi connectivity index (χ0n) is 19.7. The first-order chi connectivity index (χ1) is 16.0. The van der Waals surface area contributed by atoms with Crippen LogP contribution in [0.1, 0.15) is 49.3 Å². The van der Waals surface area contributed by atoms with E-state index in [9.17, 15) is 9.59 Å². The molecule has 0 N–H and O–H groups in total. The number of benzene rings is 2. The van der Waals surface area contributed by atoms with Crippen molar-refractivity contribution in [1.82, 2.24) is 4.90 Å². The highest BCUT2D eigenvalue weighted by atomic mass is 16.5. The van der Waals surface area contributed by atoms with Crippen molar-refractivity contribution in [3.8, 4) is 0 Å². The number of methoxy groups -OCH3 is 1. The maximum Gasteiger partial charge on any atom is 0.315 e. The van der Waals surface area contributed by atoms with Crippen molar-refractivity contribution in [2.75, 3.05) is 20.2 Å². The highest BCUT2D eigenvalue weighted by molar-refractivity contribution is 6.09. The topological polar surface area (TPSA) is 59.0 Å². The molecule has 0 aliphatic carbocycles. The fourth-order valence-corrected chi connectivity index (χ4v) is 5.10. The van der Waals surface area contributed by atoms with Crippen LogP contribution in [-0.2, 0) is 27.3 Å². The van der Waals surface area contributed by atoms with Crippen LogP contribution in [0.3, 0.4) is 0 Å². The van der Waals surface area contributed by atoms with Crippen LogP contribution in [0.5, 0.6) is 0 Å². The number of unbranched alkanes of at least 4 members (excludes halogenated alkanes) is 1. The number of Topliss-reactive ketones (excluding diaryl/α,β-unsaturated/α-hetero) is 1. The Hall–Kier alpha value is -3.05. The Morgan fingerprint density at radius 2 is 1.82 bits per heavy atom. The van der Waals surface area contributed by atoms with Gasteiger partial charge in [0.2, 0.25) is 0 Å². The number of carbonyl (C=O) groups is 2. The van der Waals surface area contributed by atoms with Crippen molar-refractivity contribution in [2.24, 2.45) is 10.9 Å². The molecule has 33 heavy (non-hydrogen) atoms. The fourth-order valence-electron chi connectivity index (χ4n) is 5.10. The van der Waals surface area contributed by atoms with Crippen molar-refractivity contribution < 1.29 is 14.3 Å². The molecule has 5 heteroatoms. The molecule has 0 saturated carbocycles. The second-order valence-corrected chi connectivity index (χ2v) is 8.95. The third-order valence-corrected chi connectivity index (χ3v) is 6.65. The SMILES string of the molecule is CCCCc1ccccc1C1C2=C(CN(Cc3ccccc3)CC2=O)N=C(C)C1C(=O)OC. The molecule has 2 aliphatic heterocycles. The summed E-state index contributed by atoms with van der Waals surface area (Å²) in [7, 11) is 1.41. The smallest absolute Gasteiger partial charge is 0.315 e. The predicted octanol–water partition coefficient (Wildman–Crippen LogP) is 4.72. The monoisotopic (exact) mass is 444 g/mol. The summed E-state index contributed by atoms with van der Waals surface area (Å²) >= 11 is 0. The molecular weight excluding hydrogens is 412 g/mol. The summed E-state index contributed by atoms with van der Waals surface area (Å²) in [5, 5.41) is 0. The quantitative estimate of drug-likeness (QED) is 0.580. The lowest BCUT2D eigenvalue weighted by Gasteiger charge is -2.38. The van der Waals surface area contributed by atoms with Gasteiger partial charge < -0.3 is 4.74 Å². The third kappa shape index (κ3) is 4.83. The van der Waals surface area contributed by atoms with Gasteiger partial charge in [0.05, 0.1) is 19.4 Å². The van der Waals surface area contributed by atoms with Gasteiger partial charge in [0, 0.05) is 30.3 Å². The van der Waals surface area contributed by atoms with Crippen molar-refractivity contribution >= 4 is 17.5 Å². The van der Waals surface area contributed by atoms with Crippen LogP contribution >= 0.6 is 0 Å². The number of esters is 1. The summed E-state index contributed by atoms with van der Waals surface area (Å²) < 4.78 is 5.18. The summed E-state index contributed by atoms with van der Waals surface area (Å²) in [6.07, 6.45) is 3.07. The van der Waals surface area contributed by atoms with Crippen molar-refractivity contribution in [3.05, 3.63) is 82.6 Å². The van der Waals surface area contributed by atoms with Crippen LogP contribution in [0.4, 0.5) is 0 Å². The molecule has 0 saturated heterocycles. The first-order valence-corrected chi connectivity index (χ1v) is 11.8. The predicted molar refractivity (Wildman–Crippen MR) is 130 cm³/mol. The van der Waals surface area contributed by atoms with Crippen molar-refractivity contribution in [2.45, 2.75) is 45.6 Å². The molecule has 0 bridgehead atoms. The van der Waals surface area contributed by atoms with E-state index in [4.69, 9.17) is 9.73 Å². The molecular formula is C28H32N2O3. The van der Waals surface area contributed by atoms with Crippen LogP contribution < -0.4 is 0 Å². The van der Waals surface area contributed by atoms with Gasteiger partial charge >= 0.3 is 5.97 Å². The first-order valence-electron chi connectivity index (χ1n) is 11.8. The second-order valence-electron chi connectivity index (χ2n) is 8.95. The van der Waals surface area contributed by atoms with Gasteiger partial charge in [0.25, 0.3) is 0 Å². The highest BCUT2D eigenvalue weighted by Crippen LogP contribution is 2.43. The zero-order valence-corrected chi connectivity index (χ0v) is 19.7. The normalized spacial score (nSPS) is 20.9. The van der Waals surface area contributed by atoms with Crippen LogP contribution in [0.15, 0.2) is 70.9 Å². The molecule has 4 rings (SSSR count). The molecule has 5 nitrogen and oxygen atoms in total. The average Bonchev–Trinajstić information content (AvgIpc) is 2.82. The number of ether oxygens (including phenoxy) is 1. The Bertz CT molecular complexity index is 1090. The number of carbonyl (C=O) groups excluding carboxylic acids is 2. The third-order valence-electron chi connectivity index (χ3n) is 6.65. The minimum atomic E-state index is -0.582. The van der Waals surface area contributed by atoms with Crippen LogP contribution in [0.25, 0.3) is 0 Å². The Kier molecular flexibility index (Phi) is 7.19. The van der Waals surface area contributed by atoms with Gasteiger partial charge in [-0.15, -0.1) is 0 Å². The Morgan fingerprint density at radius 1 is 1.09 bits per heavy atom. The summed E-state index contributed by atoms with van der Waals surface area (Å²) in [5.74, 6) is -1.23. The standard InChI is InChI=1S/C28H32N2O3/c1-4-5-13-21-14-9-10-15-22(21)26-25(28(32)33-3)19(2)29-23-17-30(18-24(31)27(23)26)16-20-11-7-6-8-12-20/h6-12,14-15,25-26H,4-5,13,16-18H2,1-3H3. The maximum atomic E-state index is 13.6. The van der Waals surface area contributed by atoms with E-state index in [1.807, 2.05) is 37.3 Å². The largest absolute Gasteiger partial charge is 0.468 e. The van der Waals surface area contributed by atoms with Gasteiger partial charge in [-0.1, -0.05) is 67.9 Å². The Morgan fingerprint density at radius 3 is 2.55 bits per heavy atom. The highest BCUT2D eigenvalue weighted by Gasteiger charge is 2.44. The molecule has 2 aromatic rings. The van der Waals surface area contributed by atoms with Crippen LogP contribution in [0, 0.1) is 5.92 Å². The molecule has 2 unspecified atom stereocenters. The van der Waals surface area contributed by atoms with E-state index in [1.54, 1.807) is 0 Å². The van der Waals surface area contributed by atoms with Gasteiger partial charge in [-0.25, -0.2) is 0 Å². The lowest BCUT2D eigenvalue weighted by Crippen LogP contribution is -2.44. The maximum absolute atomic E-state index is 13.6. The number of hydrogen-bond donors (Lipinski definition) is 0. The number of aryl methyl sites for hydroxylation is 1. The van der Waals surface area contributed by atoms with E-state index in [2.05, 4.69) is 36.1 Å². The average molecular weight is 445 g/mol. The van der Waals surface area contributed by atoms with E-state index < -0.39 is 5.92 Å². The van der Waals surface area contributed by atoms with Gasteiger partial charge in [-0.2, -0.15) is 0 Å². The first kappa shape index (κ1) is 23.1. The van der Waals surface area contributed by atoms with Crippen LogP contribution in [-0.4, -0.2) is 42.6 Å². The lowest BCUT2D eigenvalue weighted by molar-refractivity contribution is -0.143. The molecule has 2 heterocycles. The van der Waals surface area contributed by atoms with E-state index in [0.717, 1.165) is 30.5 Å². The van der Waals surface area contributed by atoms with E-state index in [-0.39, 0.29) is 17.7 Å². The summed E-state index contributed by atoms with van der Waals surface area (Å²) in [6.45, 7) is 5.66. The number of rotatable bonds is 7. The van der Waals surface area contributed by atoms with Crippen molar-refractivity contribution in [3.63, 3.8) is 0 Å². The molecule has 2 aliphatic rings. The summed E-state index contributed by atoms with van der Waals surface area (Å²) in [6, 6.07) is 18.4. The zero-order chi connectivity index (χ0) is 23.4. The van der Waals surface area contributed by atoms with Gasteiger partial charge in [0.15, 0.2) is 5.78 Å². The van der Waals surface area contributed by atoms with Gasteiger partial charge in [0.1, 0.15) is 5.92 Å². The Balaban J connectivity index is 1.76. The minimum absolute atomic E-state index is 0.0487. The molecule has 0 amide bonds. The number of ketones is 1. The molecule has 0 spiro atoms. The van der Waals surface area contributed by atoms with E-state index >= 15 is 0 Å². The summed E-state index contributed by atoms with van der Waals surface area (Å²) in [4.78, 5) is 33.4. The molecule has 0 fully saturated rings. The van der Waals surface area contributed by atoms with Gasteiger partial charge in [-0.05, 0) is 36.5 Å². The lowest BCUT2D eigenvalue weighted by atomic mass is 9.71. The summed E-state index contributed by atoms with van der Waals surface area (Å²) in [5.41, 5.74) is 5.59. The number of hydrogen-bond acceptors (Lipinski definition) is 5. The minimum Gasteiger partial charge on any atom is -0.468 e. The Labute approximate surface area is 196 Å². The molecule has 2 aromatic carbocycles. The fraction of sp³-hybridized carbons (Fsp3) is 0.393. The van der Waals surface area contributed by atoms with Gasteiger partial charge in [-0.3, -0.25) is 19.5 Å². The molecule has 2 atom stereocenters. The van der Waals surface area contributed by atoms with Crippen LogP contribution in [0.2, 0.25) is 0 Å².